The molecule has 0 aliphatic heterocycles. The van der Waals surface area contributed by atoms with Gasteiger partial charge in [0.1, 0.15) is 11.6 Å². The molecule has 0 spiro atoms. The van der Waals surface area contributed by atoms with Crippen molar-refractivity contribution in [1.82, 2.24) is 9.97 Å². The fraction of sp³-hybridized carbons (Fsp3) is 0.733. The lowest BCUT2D eigenvalue weighted by atomic mass is 9.89. The fourth-order valence-electron chi connectivity index (χ4n) is 2.52. The summed E-state index contributed by atoms with van der Waals surface area (Å²) in [7, 11) is 0. The minimum atomic E-state index is 0.368. The Hall–Kier alpha value is -0.830. The van der Waals surface area contributed by atoms with Crippen LogP contribution in [-0.4, -0.2) is 21.9 Å². The number of aryl methyl sites for hydroxylation is 1. The molecule has 0 amide bonds. The maximum Gasteiger partial charge on any atom is 0.133 e. The normalized spacial score (nSPS) is 23.6. The van der Waals surface area contributed by atoms with Crippen molar-refractivity contribution >= 4 is 17.4 Å². The Kier molecular flexibility index (Phi) is 5.03. The zero-order chi connectivity index (χ0) is 13.8. The molecule has 0 bridgehead atoms. The molecule has 0 atom stereocenters. The molecular formula is C15H24ClN3. The van der Waals surface area contributed by atoms with E-state index in [2.05, 4.69) is 29.1 Å². The van der Waals surface area contributed by atoms with Crippen LogP contribution < -0.4 is 5.32 Å². The van der Waals surface area contributed by atoms with Crippen LogP contribution in [0.25, 0.3) is 0 Å². The van der Waals surface area contributed by atoms with Gasteiger partial charge in [-0.1, -0.05) is 13.8 Å². The van der Waals surface area contributed by atoms with Gasteiger partial charge in [0.15, 0.2) is 0 Å². The summed E-state index contributed by atoms with van der Waals surface area (Å²) >= 11 is 6.13. The van der Waals surface area contributed by atoms with Crippen LogP contribution in [0.4, 0.5) is 5.82 Å². The van der Waals surface area contributed by atoms with Crippen molar-refractivity contribution in [3.63, 3.8) is 0 Å². The zero-order valence-corrected chi connectivity index (χ0v) is 12.9. The molecule has 2 rings (SSSR count). The molecule has 1 fully saturated rings. The lowest BCUT2D eigenvalue weighted by Crippen LogP contribution is -2.22. The molecule has 1 N–H and O–H groups in total. The standard InChI is InChI=1S/C15H24ClN3/c1-10(2)15-18-11(3)8-14(19-15)17-9-12-4-6-13(16)7-5-12/h8,10,12-13H,4-7,9H2,1-3H3,(H,17,18,19). The number of anilines is 1. The van der Waals surface area contributed by atoms with E-state index < -0.39 is 0 Å². The predicted molar refractivity (Wildman–Crippen MR) is 80.9 cm³/mol. The first-order valence-corrected chi connectivity index (χ1v) is 7.71. The summed E-state index contributed by atoms with van der Waals surface area (Å²) in [6.07, 6.45) is 4.74. The summed E-state index contributed by atoms with van der Waals surface area (Å²) in [5.74, 6) is 2.98. The Morgan fingerprint density at radius 1 is 1.26 bits per heavy atom. The monoisotopic (exact) mass is 281 g/mol. The van der Waals surface area contributed by atoms with Gasteiger partial charge < -0.3 is 5.32 Å². The van der Waals surface area contributed by atoms with E-state index in [1.807, 2.05) is 13.0 Å². The third-order valence-electron chi connectivity index (χ3n) is 3.74. The number of hydrogen-bond donors (Lipinski definition) is 1. The van der Waals surface area contributed by atoms with Gasteiger partial charge in [0, 0.05) is 29.6 Å². The highest BCUT2D eigenvalue weighted by Gasteiger charge is 2.19. The van der Waals surface area contributed by atoms with Crippen molar-refractivity contribution < 1.29 is 0 Å². The summed E-state index contributed by atoms with van der Waals surface area (Å²) < 4.78 is 0. The number of nitrogens with zero attached hydrogens (tertiary/aromatic N) is 2. The molecule has 1 aliphatic carbocycles. The molecule has 0 unspecified atom stereocenters. The number of rotatable bonds is 4. The van der Waals surface area contributed by atoms with Gasteiger partial charge in [-0.2, -0.15) is 0 Å². The van der Waals surface area contributed by atoms with Crippen molar-refractivity contribution in [2.45, 2.75) is 57.7 Å². The molecular weight excluding hydrogens is 258 g/mol. The van der Waals surface area contributed by atoms with E-state index in [-0.39, 0.29) is 0 Å². The van der Waals surface area contributed by atoms with Crippen LogP contribution in [0.3, 0.4) is 0 Å². The molecule has 106 valence electrons. The summed E-state index contributed by atoms with van der Waals surface area (Å²) in [6, 6.07) is 2.03. The van der Waals surface area contributed by atoms with Crippen LogP contribution >= 0.6 is 11.6 Å². The summed E-state index contributed by atoms with van der Waals surface area (Å²) in [6.45, 7) is 7.27. The van der Waals surface area contributed by atoms with Crippen LogP contribution in [0.15, 0.2) is 6.07 Å². The lowest BCUT2D eigenvalue weighted by Gasteiger charge is -2.25. The van der Waals surface area contributed by atoms with Crippen LogP contribution in [0.5, 0.6) is 0 Å². The molecule has 0 radical (unpaired) electrons. The zero-order valence-electron chi connectivity index (χ0n) is 12.1. The lowest BCUT2D eigenvalue weighted by molar-refractivity contribution is 0.377. The number of aromatic nitrogens is 2. The second-order valence-corrected chi connectivity index (χ2v) is 6.52. The minimum Gasteiger partial charge on any atom is -0.370 e. The highest BCUT2D eigenvalue weighted by atomic mass is 35.5. The van der Waals surface area contributed by atoms with E-state index in [4.69, 9.17) is 11.6 Å². The van der Waals surface area contributed by atoms with Gasteiger partial charge in [-0.3, -0.25) is 0 Å². The molecule has 1 aromatic rings. The van der Waals surface area contributed by atoms with Crippen molar-refractivity contribution in [1.29, 1.82) is 0 Å². The highest BCUT2D eigenvalue weighted by molar-refractivity contribution is 6.20. The van der Waals surface area contributed by atoms with Gasteiger partial charge >= 0.3 is 0 Å². The topological polar surface area (TPSA) is 37.8 Å². The average molecular weight is 282 g/mol. The molecule has 1 aliphatic rings. The Morgan fingerprint density at radius 3 is 2.58 bits per heavy atom. The molecule has 0 saturated heterocycles. The van der Waals surface area contributed by atoms with Gasteiger partial charge in [-0.15, -0.1) is 11.6 Å². The Balaban J connectivity index is 1.92. The number of alkyl halides is 1. The van der Waals surface area contributed by atoms with Gasteiger partial charge in [-0.05, 0) is 38.5 Å². The number of hydrogen-bond acceptors (Lipinski definition) is 3. The second kappa shape index (κ2) is 6.56. The van der Waals surface area contributed by atoms with Crippen molar-refractivity contribution in [2.24, 2.45) is 5.92 Å². The maximum atomic E-state index is 6.13. The van der Waals surface area contributed by atoms with E-state index in [0.29, 0.717) is 11.3 Å². The van der Waals surface area contributed by atoms with E-state index >= 15 is 0 Å². The molecule has 1 heterocycles. The molecule has 19 heavy (non-hydrogen) atoms. The predicted octanol–water partition coefficient (Wildman–Crippen LogP) is 4.12. The van der Waals surface area contributed by atoms with Gasteiger partial charge in [0.25, 0.3) is 0 Å². The smallest absolute Gasteiger partial charge is 0.133 e. The van der Waals surface area contributed by atoms with Crippen molar-refractivity contribution in [3.8, 4) is 0 Å². The third kappa shape index (κ3) is 4.34. The summed E-state index contributed by atoms with van der Waals surface area (Å²) in [4.78, 5) is 9.05. The fourth-order valence-corrected chi connectivity index (χ4v) is 2.77. The van der Waals surface area contributed by atoms with E-state index in [0.717, 1.165) is 42.6 Å². The molecule has 1 saturated carbocycles. The second-order valence-electron chi connectivity index (χ2n) is 5.91. The van der Waals surface area contributed by atoms with Crippen molar-refractivity contribution in [2.75, 3.05) is 11.9 Å². The van der Waals surface area contributed by atoms with Crippen LogP contribution in [0.1, 0.15) is 57.0 Å². The highest BCUT2D eigenvalue weighted by Crippen LogP contribution is 2.27. The molecule has 3 nitrogen and oxygen atoms in total. The summed E-state index contributed by atoms with van der Waals surface area (Å²) in [5, 5.41) is 3.86. The molecule has 0 aromatic carbocycles. The van der Waals surface area contributed by atoms with Crippen LogP contribution in [0, 0.1) is 12.8 Å². The third-order valence-corrected chi connectivity index (χ3v) is 4.17. The maximum absolute atomic E-state index is 6.13. The van der Waals surface area contributed by atoms with Crippen molar-refractivity contribution in [3.05, 3.63) is 17.6 Å². The van der Waals surface area contributed by atoms with Gasteiger partial charge in [0.05, 0.1) is 0 Å². The molecule has 4 heteroatoms. The Labute approximate surface area is 121 Å². The minimum absolute atomic E-state index is 0.368. The first-order valence-electron chi connectivity index (χ1n) is 7.28. The quantitative estimate of drug-likeness (QED) is 0.844. The van der Waals surface area contributed by atoms with E-state index in [1.165, 1.54) is 12.8 Å². The van der Waals surface area contributed by atoms with E-state index in [9.17, 15) is 0 Å². The SMILES string of the molecule is Cc1cc(NCC2CCC(Cl)CC2)nc(C(C)C)n1. The largest absolute Gasteiger partial charge is 0.370 e. The number of nitrogens with one attached hydrogen (secondary N) is 1. The first kappa shape index (κ1) is 14.6. The Bertz CT molecular complexity index is 412. The van der Waals surface area contributed by atoms with Crippen LogP contribution in [-0.2, 0) is 0 Å². The number of halogens is 1. The Morgan fingerprint density at radius 2 is 1.95 bits per heavy atom. The average Bonchev–Trinajstić information content (AvgIpc) is 2.37. The van der Waals surface area contributed by atoms with Gasteiger partial charge in [0.2, 0.25) is 0 Å². The van der Waals surface area contributed by atoms with E-state index in [1.54, 1.807) is 0 Å². The first-order chi connectivity index (χ1) is 9.04. The van der Waals surface area contributed by atoms with Crippen LogP contribution in [0.2, 0.25) is 0 Å². The molecule has 1 aromatic heterocycles. The van der Waals surface area contributed by atoms with Gasteiger partial charge in [-0.25, -0.2) is 9.97 Å². The summed E-state index contributed by atoms with van der Waals surface area (Å²) in [5.41, 5.74) is 1.03.